The molecule has 4 heteroatoms. The number of fused-ring (bicyclic) bond motifs is 2. The van der Waals surface area contributed by atoms with Crippen molar-refractivity contribution in [3.63, 3.8) is 0 Å². The molecule has 1 unspecified atom stereocenters. The molecule has 0 aromatic rings. The Bertz CT molecular complexity index is 220. The molecule has 0 amide bonds. The molecule has 2 rings (SSSR count). The zero-order valence-corrected chi connectivity index (χ0v) is 9.17. The highest BCUT2D eigenvalue weighted by Gasteiger charge is 2.40. The third-order valence-corrected chi connectivity index (χ3v) is 3.55. The maximum atomic E-state index is 10.6. The average Bonchev–Trinajstić information content (AvgIpc) is 2.36. The SMILES string of the molecule is CCN1[C@@H]2CC[C@H]1CC(OC(=O)Cl)C2. The van der Waals surface area contributed by atoms with E-state index in [0.717, 1.165) is 19.4 Å². The second-order valence-corrected chi connectivity index (χ2v) is 4.47. The van der Waals surface area contributed by atoms with E-state index in [-0.39, 0.29) is 6.10 Å². The Kier molecular flexibility index (Phi) is 2.98. The van der Waals surface area contributed by atoms with Crippen LogP contribution >= 0.6 is 11.6 Å². The highest BCUT2D eigenvalue weighted by Crippen LogP contribution is 2.36. The number of halogens is 1. The first-order valence-corrected chi connectivity index (χ1v) is 5.70. The molecule has 14 heavy (non-hydrogen) atoms. The van der Waals surface area contributed by atoms with E-state index in [1.807, 2.05) is 0 Å². The Labute approximate surface area is 89.4 Å². The fourth-order valence-corrected chi connectivity index (χ4v) is 3.09. The van der Waals surface area contributed by atoms with Crippen LogP contribution in [-0.2, 0) is 4.74 Å². The Morgan fingerprint density at radius 1 is 1.43 bits per heavy atom. The molecule has 0 radical (unpaired) electrons. The lowest BCUT2D eigenvalue weighted by molar-refractivity contribution is 0.0305. The van der Waals surface area contributed by atoms with Crippen molar-refractivity contribution in [2.75, 3.05) is 6.54 Å². The van der Waals surface area contributed by atoms with Crippen LogP contribution in [0.3, 0.4) is 0 Å². The van der Waals surface area contributed by atoms with E-state index < -0.39 is 5.43 Å². The van der Waals surface area contributed by atoms with Crippen LogP contribution in [-0.4, -0.2) is 35.1 Å². The van der Waals surface area contributed by atoms with Crippen LogP contribution in [0, 0.1) is 0 Å². The molecule has 2 aliphatic heterocycles. The van der Waals surface area contributed by atoms with Gasteiger partial charge < -0.3 is 4.74 Å². The van der Waals surface area contributed by atoms with Crippen LogP contribution in [0.5, 0.6) is 0 Å². The minimum absolute atomic E-state index is 0.0558. The van der Waals surface area contributed by atoms with Crippen LogP contribution in [0.2, 0.25) is 0 Å². The lowest BCUT2D eigenvalue weighted by Gasteiger charge is -2.37. The molecule has 3 atom stereocenters. The van der Waals surface area contributed by atoms with Crippen LogP contribution in [0.25, 0.3) is 0 Å². The van der Waals surface area contributed by atoms with Crippen molar-refractivity contribution >= 4 is 17.0 Å². The van der Waals surface area contributed by atoms with Crippen LogP contribution < -0.4 is 0 Å². The highest BCUT2D eigenvalue weighted by molar-refractivity contribution is 6.61. The highest BCUT2D eigenvalue weighted by atomic mass is 35.5. The van der Waals surface area contributed by atoms with E-state index in [4.69, 9.17) is 16.3 Å². The van der Waals surface area contributed by atoms with Gasteiger partial charge in [0.25, 0.3) is 0 Å². The number of carbonyl (C=O) groups is 1. The Balaban J connectivity index is 1.95. The summed E-state index contributed by atoms with van der Waals surface area (Å²) in [6, 6.07) is 1.22. The van der Waals surface area contributed by atoms with Crippen molar-refractivity contribution in [3.05, 3.63) is 0 Å². The van der Waals surface area contributed by atoms with Gasteiger partial charge in [0.15, 0.2) is 0 Å². The van der Waals surface area contributed by atoms with E-state index in [2.05, 4.69) is 11.8 Å². The minimum atomic E-state index is -0.653. The van der Waals surface area contributed by atoms with Gasteiger partial charge in [-0.1, -0.05) is 6.92 Å². The van der Waals surface area contributed by atoms with Gasteiger partial charge in [0, 0.05) is 36.5 Å². The second-order valence-electron chi connectivity index (χ2n) is 4.16. The summed E-state index contributed by atoms with van der Waals surface area (Å²) in [4.78, 5) is 13.2. The molecule has 0 aromatic heterocycles. The predicted octanol–water partition coefficient (Wildman–Crippen LogP) is 2.38. The van der Waals surface area contributed by atoms with Gasteiger partial charge >= 0.3 is 5.43 Å². The van der Waals surface area contributed by atoms with Gasteiger partial charge in [0.05, 0.1) is 0 Å². The summed E-state index contributed by atoms with van der Waals surface area (Å²) >= 11 is 5.22. The van der Waals surface area contributed by atoms with E-state index in [1.54, 1.807) is 0 Å². The van der Waals surface area contributed by atoms with E-state index in [9.17, 15) is 4.79 Å². The molecule has 2 saturated heterocycles. The maximum Gasteiger partial charge on any atom is 0.404 e. The number of hydrogen-bond donors (Lipinski definition) is 0. The summed E-state index contributed by atoms with van der Waals surface area (Å²) in [6.45, 7) is 3.30. The summed E-state index contributed by atoms with van der Waals surface area (Å²) in [5, 5.41) is 0. The fraction of sp³-hybridized carbons (Fsp3) is 0.900. The molecule has 2 heterocycles. The van der Waals surface area contributed by atoms with Gasteiger partial charge in [0.2, 0.25) is 0 Å². The number of rotatable bonds is 2. The molecule has 2 aliphatic rings. The van der Waals surface area contributed by atoms with Gasteiger partial charge in [-0.05, 0) is 19.4 Å². The molecular formula is C10H16ClNO2. The smallest absolute Gasteiger partial charge is 0.404 e. The van der Waals surface area contributed by atoms with Crippen molar-refractivity contribution in [3.8, 4) is 0 Å². The van der Waals surface area contributed by atoms with Gasteiger partial charge in [-0.2, -0.15) is 0 Å². The third kappa shape index (κ3) is 1.89. The molecule has 0 spiro atoms. The van der Waals surface area contributed by atoms with Crippen LogP contribution in [0.15, 0.2) is 0 Å². The first kappa shape index (κ1) is 10.2. The molecule has 2 fully saturated rings. The molecule has 0 aromatic carbocycles. The summed E-state index contributed by atoms with van der Waals surface area (Å²) in [7, 11) is 0. The second kappa shape index (κ2) is 4.07. The number of piperidine rings is 1. The number of hydrogen-bond acceptors (Lipinski definition) is 3. The van der Waals surface area contributed by atoms with Crippen molar-refractivity contribution in [1.82, 2.24) is 4.90 Å². The normalized spacial score (nSPS) is 37.1. The number of ether oxygens (including phenoxy) is 1. The predicted molar refractivity (Wildman–Crippen MR) is 54.5 cm³/mol. The quantitative estimate of drug-likeness (QED) is 0.666. The fourth-order valence-electron chi connectivity index (χ4n) is 2.97. The summed E-state index contributed by atoms with van der Waals surface area (Å²) in [5.41, 5.74) is -0.653. The molecule has 3 nitrogen and oxygen atoms in total. The largest absolute Gasteiger partial charge is 0.450 e. The van der Waals surface area contributed by atoms with Crippen molar-refractivity contribution in [2.24, 2.45) is 0 Å². The maximum absolute atomic E-state index is 10.6. The summed E-state index contributed by atoms with van der Waals surface area (Å²) in [6.07, 6.45) is 4.47. The summed E-state index contributed by atoms with van der Waals surface area (Å²) < 4.78 is 5.06. The monoisotopic (exact) mass is 217 g/mol. The van der Waals surface area contributed by atoms with Crippen LogP contribution in [0.4, 0.5) is 4.79 Å². The standard InChI is InChI=1S/C10H16ClNO2/c1-2-12-7-3-4-8(12)6-9(5-7)14-10(11)13/h7-9H,2-6H2,1H3/t7-,8+,9?. The van der Waals surface area contributed by atoms with Gasteiger partial charge in [-0.3, -0.25) is 4.90 Å². The Morgan fingerprint density at radius 3 is 2.43 bits per heavy atom. The van der Waals surface area contributed by atoms with Crippen molar-refractivity contribution < 1.29 is 9.53 Å². The zero-order valence-electron chi connectivity index (χ0n) is 8.41. The molecule has 2 bridgehead atoms. The lowest BCUT2D eigenvalue weighted by Crippen LogP contribution is -2.45. The first-order chi connectivity index (χ1) is 6.70. The lowest BCUT2D eigenvalue weighted by atomic mass is 10.00. The van der Waals surface area contributed by atoms with Crippen molar-refractivity contribution in [2.45, 2.75) is 50.8 Å². The van der Waals surface area contributed by atoms with E-state index in [1.165, 1.54) is 12.8 Å². The molecule has 0 aliphatic carbocycles. The molecule has 0 saturated carbocycles. The van der Waals surface area contributed by atoms with Crippen LogP contribution in [0.1, 0.15) is 32.6 Å². The first-order valence-electron chi connectivity index (χ1n) is 5.32. The Morgan fingerprint density at radius 2 is 2.00 bits per heavy atom. The third-order valence-electron chi connectivity index (χ3n) is 3.47. The van der Waals surface area contributed by atoms with Crippen molar-refractivity contribution in [1.29, 1.82) is 0 Å². The van der Waals surface area contributed by atoms with E-state index in [0.29, 0.717) is 12.1 Å². The molecule has 80 valence electrons. The Hall–Kier alpha value is -0.280. The minimum Gasteiger partial charge on any atom is -0.450 e. The van der Waals surface area contributed by atoms with Gasteiger partial charge in [-0.15, -0.1) is 0 Å². The van der Waals surface area contributed by atoms with Gasteiger partial charge in [-0.25, -0.2) is 4.79 Å². The van der Waals surface area contributed by atoms with E-state index >= 15 is 0 Å². The summed E-state index contributed by atoms with van der Waals surface area (Å²) in [5.74, 6) is 0. The topological polar surface area (TPSA) is 29.5 Å². The average molecular weight is 218 g/mol. The molecular weight excluding hydrogens is 202 g/mol. The molecule has 0 N–H and O–H groups in total. The number of nitrogens with zero attached hydrogens (tertiary/aromatic N) is 1. The number of carbonyl (C=O) groups excluding carboxylic acids is 1. The zero-order chi connectivity index (χ0) is 10.1. The van der Waals surface area contributed by atoms with Gasteiger partial charge in [0.1, 0.15) is 6.10 Å².